The first-order valence-corrected chi connectivity index (χ1v) is 14.2. The van der Waals surface area contributed by atoms with E-state index in [4.69, 9.17) is 14.7 Å². The second-order valence-corrected chi connectivity index (χ2v) is 10.4. The highest BCUT2D eigenvalue weighted by molar-refractivity contribution is 6.01. The lowest BCUT2D eigenvalue weighted by Gasteiger charge is -2.17. The van der Waals surface area contributed by atoms with Gasteiger partial charge in [-0.05, 0) is 37.8 Å². The van der Waals surface area contributed by atoms with E-state index < -0.39 is 0 Å². The van der Waals surface area contributed by atoms with E-state index in [1.165, 1.54) is 38.5 Å². The monoisotopic (exact) mass is 488 g/mol. The van der Waals surface area contributed by atoms with Crippen molar-refractivity contribution < 1.29 is 9.53 Å². The van der Waals surface area contributed by atoms with Crippen LogP contribution in [0.2, 0.25) is 0 Å². The number of benzene rings is 1. The quantitative estimate of drug-likeness (QED) is 0.129. The fourth-order valence-electron chi connectivity index (χ4n) is 5.73. The summed E-state index contributed by atoms with van der Waals surface area (Å²) >= 11 is 0. The van der Waals surface area contributed by atoms with Crippen LogP contribution >= 0.6 is 0 Å². The SMILES string of the molecule is CCCCCC(=O)Oc1cn(C2CCCCCC2)c2nc(CCCCC)n3c4ccccc4nc3c12. The molecule has 6 nitrogen and oxygen atoms in total. The Labute approximate surface area is 214 Å². The first-order valence-electron chi connectivity index (χ1n) is 14.2. The molecule has 0 unspecified atom stereocenters. The molecular weight excluding hydrogens is 448 g/mol. The largest absolute Gasteiger partial charge is 0.424 e. The molecule has 0 spiro atoms. The number of unbranched alkanes of at least 4 members (excludes halogenated alkanes) is 4. The molecular formula is C30H40N4O2. The summed E-state index contributed by atoms with van der Waals surface area (Å²) in [5.74, 6) is 1.50. The van der Waals surface area contributed by atoms with Crippen LogP contribution in [0.25, 0.3) is 27.7 Å². The second kappa shape index (κ2) is 11.4. The summed E-state index contributed by atoms with van der Waals surface area (Å²) in [5, 5.41) is 0.874. The Balaban J connectivity index is 1.69. The maximum Gasteiger partial charge on any atom is 0.311 e. The summed E-state index contributed by atoms with van der Waals surface area (Å²) in [5.41, 5.74) is 3.80. The number of hydrogen-bond acceptors (Lipinski definition) is 4. The number of rotatable bonds is 10. The number of imidazole rings is 1. The number of nitrogens with zero attached hydrogens (tertiary/aromatic N) is 4. The molecule has 192 valence electrons. The van der Waals surface area contributed by atoms with E-state index in [0.29, 0.717) is 18.2 Å². The van der Waals surface area contributed by atoms with Gasteiger partial charge in [0.25, 0.3) is 0 Å². The number of para-hydroxylation sites is 2. The lowest BCUT2D eigenvalue weighted by molar-refractivity contribution is -0.134. The molecule has 6 heteroatoms. The van der Waals surface area contributed by atoms with Crippen LogP contribution in [-0.4, -0.2) is 24.9 Å². The van der Waals surface area contributed by atoms with Gasteiger partial charge in [-0.3, -0.25) is 9.20 Å². The molecule has 3 heterocycles. The summed E-state index contributed by atoms with van der Waals surface area (Å²) < 4.78 is 10.6. The Hall–Kier alpha value is -2.89. The van der Waals surface area contributed by atoms with Crippen LogP contribution in [0.3, 0.4) is 0 Å². The van der Waals surface area contributed by atoms with E-state index in [-0.39, 0.29) is 5.97 Å². The zero-order valence-corrected chi connectivity index (χ0v) is 22.0. The zero-order chi connectivity index (χ0) is 24.9. The summed E-state index contributed by atoms with van der Waals surface area (Å²) in [7, 11) is 0. The third kappa shape index (κ3) is 5.00. The van der Waals surface area contributed by atoms with E-state index in [0.717, 1.165) is 78.5 Å². The van der Waals surface area contributed by atoms with Gasteiger partial charge in [0.1, 0.15) is 16.9 Å². The van der Waals surface area contributed by atoms with Gasteiger partial charge in [0.05, 0.1) is 11.0 Å². The molecule has 0 saturated heterocycles. The summed E-state index contributed by atoms with van der Waals surface area (Å²) in [4.78, 5) is 23.2. The topological polar surface area (TPSA) is 61.4 Å². The predicted octanol–water partition coefficient (Wildman–Crippen LogP) is 7.95. The van der Waals surface area contributed by atoms with Gasteiger partial charge in [0.2, 0.25) is 0 Å². The van der Waals surface area contributed by atoms with Crippen LogP contribution in [0.5, 0.6) is 5.75 Å². The molecule has 1 aliphatic carbocycles. The fraction of sp³-hybridized carbons (Fsp3) is 0.567. The molecule has 0 bridgehead atoms. The summed E-state index contributed by atoms with van der Waals surface area (Å²) in [6.45, 7) is 4.38. The smallest absolute Gasteiger partial charge is 0.311 e. The Morgan fingerprint density at radius 3 is 2.47 bits per heavy atom. The minimum absolute atomic E-state index is 0.162. The summed E-state index contributed by atoms with van der Waals surface area (Å²) in [6, 6.07) is 8.64. The normalized spacial score (nSPS) is 15.2. The van der Waals surface area contributed by atoms with Gasteiger partial charge in [-0.1, -0.05) is 77.3 Å². The highest BCUT2D eigenvalue weighted by Crippen LogP contribution is 2.38. The van der Waals surface area contributed by atoms with Crippen LogP contribution in [0, 0.1) is 0 Å². The van der Waals surface area contributed by atoms with E-state index in [1.807, 2.05) is 6.07 Å². The van der Waals surface area contributed by atoms with Crippen molar-refractivity contribution in [1.82, 2.24) is 18.9 Å². The summed E-state index contributed by atoms with van der Waals surface area (Å²) in [6.07, 6.45) is 17.2. The van der Waals surface area contributed by atoms with Crippen molar-refractivity contribution in [3.63, 3.8) is 0 Å². The van der Waals surface area contributed by atoms with Gasteiger partial charge in [-0.15, -0.1) is 0 Å². The van der Waals surface area contributed by atoms with E-state index >= 15 is 0 Å². The number of ether oxygens (including phenoxy) is 1. The Kier molecular flexibility index (Phi) is 7.88. The number of esters is 1. The van der Waals surface area contributed by atoms with Crippen LogP contribution in [0.15, 0.2) is 30.5 Å². The van der Waals surface area contributed by atoms with Crippen molar-refractivity contribution in [2.24, 2.45) is 0 Å². The standard InChI is InChI=1S/C30H40N4O2/c1-3-5-9-19-26-32-29-28(30-31-23-17-13-14-18-24(23)34(26)30)25(36-27(35)20-10-6-4-2)21-33(29)22-15-11-7-8-12-16-22/h13-14,17-18,21-22H,3-12,15-16,19-20H2,1-2H3. The Morgan fingerprint density at radius 1 is 0.944 bits per heavy atom. The fourth-order valence-corrected chi connectivity index (χ4v) is 5.73. The molecule has 1 fully saturated rings. The second-order valence-electron chi connectivity index (χ2n) is 10.4. The van der Waals surface area contributed by atoms with Gasteiger partial charge < -0.3 is 9.30 Å². The van der Waals surface area contributed by atoms with Crippen molar-refractivity contribution in [2.45, 2.75) is 110 Å². The van der Waals surface area contributed by atoms with Gasteiger partial charge in [0, 0.05) is 25.1 Å². The molecule has 4 aromatic rings. The van der Waals surface area contributed by atoms with E-state index in [2.05, 4.69) is 47.2 Å². The Morgan fingerprint density at radius 2 is 1.69 bits per heavy atom. The van der Waals surface area contributed by atoms with Crippen LogP contribution in [-0.2, 0) is 11.2 Å². The molecule has 0 amide bonds. The van der Waals surface area contributed by atoms with Crippen molar-refractivity contribution in [2.75, 3.05) is 0 Å². The third-order valence-corrected chi connectivity index (χ3v) is 7.68. The molecule has 0 N–H and O–H groups in total. The van der Waals surface area contributed by atoms with Gasteiger partial charge in [-0.25, -0.2) is 9.97 Å². The molecule has 0 atom stereocenters. The van der Waals surface area contributed by atoms with Gasteiger partial charge in [-0.2, -0.15) is 0 Å². The van der Waals surface area contributed by atoms with E-state index in [1.54, 1.807) is 0 Å². The molecule has 3 aromatic heterocycles. The molecule has 36 heavy (non-hydrogen) atoms. The van der Waals surface area contributed by atoms with Crippen LogP contribution < -0.4 is 4.74 Å². The maximum atomic E-state index is 12.8. The Bertz CT molecular complexity index is 1330. The lowest BCUT2D eigenvalue weighted by atomic mass is 10.1. The van der Waals surface area contributed by atoms with Gasteiger partial charge >= 0.3 is 5.97 Å². The predicted molar refractivity (Wildman–Crippen MR) is 146 cm³/mol. The lowest BCUT2D eigenvalue weighted by Crippen LogP contribution is -2.10. The molecule has 1 aromatic carbocycles. The molecule has 1 saturated carbocycles. The number of aryl methyl sites for hydroxylation is 1. The average Bonchev–Trinajstić information content (AvgIpc) is 3.31. The highest BCUT2D eigenvalue weighted by Gasteiger charge is 2.25. The van der Waals surface area contributed by atoms with Crippen molar-refractivity contribution in [3.8, 4) is 5.75 Å². The number of carbonyl (C=O) groups is 1. The van der Waals surface area contributed by atoms with Gasteiger partial charge in [0.15, 0.2) is 11.4 Å². The van der Waals surface area contributed by atoms with Crippen LogP contribution in [0.4, 0.5) is 0 Å². The molecule has 5 rings (SSSR count). The van der Waals surface area contributed by atoms with E-state index in [9.17, 15) is 4.79 Å². The number of carbonyl (C=O) groups excluding carboxylic acids is 1. The number of hydrogen-bond donors (Lipinski definition) is 0. The molecule has 0 radical (unpaired) electrons. The first-order chi connectivity index (χ1) is 17.7. The maximum absolute atomic E-state index is 12.8. The minimum Gasteiger partial charge on any atom is -0.424 e. The average molecular weight is 489 g/mol. The van der Waals surface area contributed by atoms with Crippen molar-refractivity contribution in [3.05, 3.63) is 36.3 Å². The zero-order valence-electron chi connectivity index (χ0n) is 22.0. The highest BCUT2D eigenvalue weighted by atomic mass is 16.5. The third-order valence-electron chi connectivity index (χ3n) is 7.68. The molecule has 1 aliphatic rings. The van der Waals surface area contributed by atoms with Crippen LogP contribution in [0.1, 0.15) is 109 Å². The number of aromatic nitrogens is 4. The van der Waals surface area contributed by atoms with Crippen molar-refractivity contribution >= 4 is 33.7 Å². The minimum atomic E-state index is -0.162. The van der Waals surface area contributed by atoms with Crippen molar-refractivity contribution in [1.29, 1.82) is 0 Å². The number of fused-ring (bicyclic) bond motifs is 5. The first kappa shape index (κ1) is 24.8. The molecule has 0 aliphatic heterocycles.